The highest BCUT2D eigenvalue weighted by Gasteiger charge is 1.92. The average Bonchev–Trinajstić information content (AvgIpc) is 2.17. The second-order valence-corrected chi connectivity index (χ2v) is 4.14. The van der Waals surface area contributed by atoms with Gasteiger partial charge in [0, 0.05) is 12.3 Å². The van der Waals surface area contributed by atoms with E-state index in [1.165, 1.54) is 18.1 Å². The van der Waals surface area contributed by atoms with Crippen molar-refractivity contribution in [1.82, 2.24) is 0 Å². The highest BCUT2D eigenvalue weighted by molar-refractivity contribution is 9.09. The fourth-order valence-corrected chi connectivity index (χ4v) is 1.23. The third kappa shape index (κ3) is 9.73. The van der Waals surface area contributed by atoms with Crippen LogP contribution in [-0.4, -0.2) is 17.9 Å². The Morgan fingerprint density at radius 1 is 1.20 bits per heavy atom. The van der Waals surface area contributed by atoms with Gasteiger partial charge in [-0.15, -0.1) is 0 Å². The Morgan fingerprint density at radius 2 is 1.87 bits per heavy atom. The molecule has 15 heavy (non-hydrogen) atoms. The van der Waals surface area contributed by atoms with Gasteiger partial charge in [-0.25, -0.2) is 0 Å². The molecule has 0 spiro atoms. The predicted molar refractivity (Wildman–Crippen MR) is 67.2 cm³/mol. The minimum Gasteiger partial charge on any atom is -0.462 e. The summed E-state index contributed by atoms with van der Waals surface area (Å²) < 4.78 is 4.82. The van der Waals surface area contributed by atoms with E-state index in [1.54, 1.807) is 0 Å². The van der Waals surface area contributed by atoms with E-state index < -0.39 is 0 Å². The molecule has 0 aliphatic rings. The maximum absolute atomic E-state index is 10.5. The molecule has 0 radical (unpaired) electrons. The molecule has 0 aliphatic carbocycles. The van der Waals surface area contributed by atoms with Crippen molar-refractivity contribution in [2.45, 2.75) is 33.6 Å². The number of allylic oxidation sites excluding steroid dienone is 3. The lowest BCUT2D eigenvalue weighted by molar-refractivity contribution is -0.139. The molecule has 0 saturated heterocycles. The summed E-state index contributed by atoms with van der Waals surface area (Å²) in [4.78, 5) is 10.5. The highest BCUT2D eigenvalue weighted by Crippen LogP contribution is 2.07. The molecule has 0 fully saturated rings. The van der Waals surface area contributed by atoms with Crippen molar-refractivity contribution in [2.75, 3.05) is 11.9 Å². The first-order valence-electron chi connectivity index (χ1n) is 5.07. The molecule has 0 rings (SSSR count). The Kier molecular flexibility index (Phi) is 8.38. The first kappa shape index (κ1) is 14.4. The number of ether oxygens (including phenoxy) is 1. The molecule has 0 bridgehead atoms. The smallest absolute Gasteiger partial charge is 0.302 e. The summed E-state index contributed by atoms with van der Waals surface area (Å²) in [7, 11) is 0. The molecular formula is C12H19BrO2. The quantitative estimate of drug-likeness (QED) is 0.420. The van der Waals surface area contributed by atoms with Gasteiger partial charge in [-0.3, -0.25) is 4.79 Å². The van der Waals surface area contributed by atoms with Crippen LogP contribution in [0.4, 0.5) is 0 Å². The molecule has 0 aliphatic heterocycles. The standard InChI is InChI=1S/C12H19BrO2/c1-10(7-8-15-12(3)14)5-4-6-11(2)9-13/h6-7H,4-5,8-9H2,1-3H3. The summed E-state index contributed by atoms with van der Waals surface area (Å²) in [5.74, 6) is -0.228. The molecule has 0 amide bonds. The third-order valence-corrected chi connectivity index (χ3v) is 2.85. The Balaban J connectivity index is 3.73. The zero-order valence-corrected chi connectivity index (χ0v) is 11.3. The maximum Gasteiger partial charge on any atom is 0.302 e. The van der Waals surface area contributed by atoms with Crippen LogP contribution in [0.3, 0.4) is 0 Å². The number of alkyl halides is 1. The lowest BCUT2D eigenvalue weighted by Crippen LogP contribution is -1.98. The van der Waals surface area contributed by atoms with Gasteiger partial charge < -0.3 is 4.74 Å². The molecule has 0 saturated carbocycles. The second-order valence-electron chi connectivity index (χ2n) is 3.58. The van der Waals surface area contributed by atoms with Crippen molar-refractivity contribution in [3.8, 4) is 0 Å². The number of hydrogen-bond donors (Lipinski definition) is 0. The molecule has 0 heterocycles. The zero-order chi connectivity index (χ0) is 11.7. The van der Waals surface area contributed by atoms with E-state index in [9.17, 15) is 4.79 Å². The summed E-state index contributed by atoms with van der Waals surface area (Å²) in [6, 6.07) is 0. The zero-order valence-electron chi connectivity index (χ0n) is 9.68. The molecule has 3 heteroatoms. The van der Waals surface area contributed by atoms with Gasteiger partial charge in [0.05, 0.1) is 0 Å². The monoisotopic (exact) mass is 274 g/mol. The predicted octanol–water partition coefficient (Wildman–Crippen LogP) is 3.62. The number of carbonyl (C=O) groups is 1. The number of carbonyl (C=O) groups excluding carboxylic acids is 1. The minimum absolute atomic E-state index is 0.228. The largest absolute Gasteiger partial charge is 0.462 e. The summed E-state index contributed by atoms with van der Waals surface area (Å²) in [6.45, 7) is 5.97. The van der Waals surface area contributed by atoms with E-state index in [4.69, 9.17) is 4.74 Å². The Hall–Kier alpha value is -0.570. The van der Waals surface area contributed by atoms with Gasteiger partial charge in [0.25, 0.3) is 0 Å². The lowest BCUT2D eigenvalue weighted by atomic mass is 10.1. The lowest BCUT2D eigenvalue weighted by Gasteiger charge is -2.00. The average molecular weight is 275 g/mol. The van der Waals surface area contributed by atoms with Crippen LogP contribution >= 0.6 is 15.9 Å². The molecular weight excluding hydrogens is 256 g/mol. The van der Waals surface area contributed by atoms with Gasteiger partial charge >= 0.3 is 5.97 Å². The highest BCUT2D eigenvalue weighted by atomic mass is 79.9. The van der Waals surface area contributed by atoms with Crippen LogP contribution in [0.5, 0.6) is 0 Å². The van der Waals surface area contributed by atoms with Crippen molar-refractivity contribution in [2.24, 2.45) is 0 Å². The van der Waals surface area contributed by atoms with Crippen LogP contribution in [0.15, 0.2) is 23.3 Å². The van der Waals surface area contributed by atoms with Gasteiger partial charge in [-0.2, -0.15) is 0 Å². The van der Waals surface area contributed by atoms with E-state index >= 15 is 0 Å². The van der Waals surface area contributed by atoms with Gasteiger partial charge in [0.1, 0.15) is 6.61 Å². The Labute approximate surface area is 101 Å². The van der Waals surface area contributed by atoms with Crippen LogP contribution in [0.1, 0.15) is 33.6 Å². The van der Waals surface area contributed by atoms with E-state index in [2.05, 4.69) is 35.9 Å². The van der Waals surface area contributed by atoms with Gasteiger partial charge in [0.2, 0.25) is 0 Å². The second kappa shape index (κ2) is 8.72. The number of halogens is 1. The van der Waals surface area contributed by atoms with Crippen molar-refractivity contribution in [3.05, 3.63) is 23.3 Å². The fourth-order valence-electron chi connectivity index (χ4n) is 1.00. The molecule has 86 valence electrons. The van der Waals surface area contributed by atoms with Crippen LogP contribution in [0.25, 0.3) is 0 Å². The van der Waals surface area contributed by atoms with Crippen molar-refractivity contribution in [1.29, 1.82) is 0 Å². The number of esters is 1. The first-order chi connectivity index (χ1) is 7.06. The Morgan fingerprint density at radius 3 is 2.40 bits per heavy atom. The van der Waals surface area contributed by atoms with Crippen LogP contribution in [0.2, 0.25) is 0 Å². The van der Waals surface area contributed by atoms with Gasteiger partial charge in [-0.05, 0) is 32.8 Å². The van der Waals surface area contributed by atoms with Crippen LogP contribution < -0.4 is 0 Å². The Bertz CT molecular complexity index is 254. The third-order valence-electron chi connectivity index (χ3n) is 1.96. The van der Waals surface area contributed by atoms with E-state index in [-0.39, 0.29) is 5.97 Å². The molecule has 0 atom stereocenters. The summed E-state index contributed by atoms with van der Waals surface area (Å²) in [6.07, 6.45) is 6.24. The number of rotatable bonds is 6. The van der Waals surface area contributed by atoms with Gasteiger partial charge in [0.15, 0.2) is 0 Å². The topological polar surface area (TPSA) is 26.3 Å². The fraction of sp³-hybridized carbons (Fsp3) is 0.583. The van der Waals surface area contributed by atoms with Gasteiger partial charge in [-0.1, -0.05) is 33.2 Å². The van der Waals surface area contributed by atoms with E-state index in [0.29, 0.717) is 6.61 Å². The van der Waals surface area contributed by atoms with Crippen molar-refractivity contribution >= 4 is 21.9 Å². The van der Waals surface area contributed by atoms with E-state index in [0.717, 1.165) is 18.2 Å². The normalized spacial score (nSPS) is 12.8. The molecule has 0 N–H and O–H groups in total. The number of hydrogen-bond acceptors (Lipinski definition) is 2. The van der Waals surface area contributed by atoms with Crippen molar-refractivity contribution in [3.63, 3.8) is 0 Å². The van der Waals surface area contributed by atoms with Crippen molar-refractivity contribution < 1.29 is 9.53 Å². The molecule has 0 aromatic rings. The first-order valence-corrected chi connectivity index (χ1v) is 6.19. The molecule has 0 unspecified atom stereocenters. The van der Waals surface area contributed by atoms with Crippen LogP contribution in [0, 0.1) is 0 Å². The van der Waals surface area contributed by atoms with Crippen LogP contribution in [-0.2, 0) is 9.53 Å². The molecule has 2 nitrogen and oxygen atoms in total. The molecule has 0 aromatic carbocycles. The maximum atomic E-state index is 10.5. The molecule has 0 aromatic heterocycles. The summed E-state index contributed by atoms with van der Waals surface area (Å²) in [5, 5.41) is 0.934. The van der Waals surface area contributed by atoms with E-state index in [1.807, 2.05) is 6.08 Å². The summed E-state index contributed by atoms with van der Waals surface area (Å²) >= 11 is 3.40. The SMILES string of the molecule is CC(=O)OCC=C(C)CCC=C(C)CBr. The summed E-state index contributed by atoms with van der Waals surface area (Å²) in [5.41, 5.74) is 2.61. The minimum atomic E-state index is -0.228.